The van der Waals surface area contributed by atoms with E-state index in [2.05, 4.69) is 20.3 Å². The van der Waals surface area contributed by atoms with Gasteiger partial charge in [-0.15, -0.1) is 0 Å². The van der Waals surface area contributed by atoms with Crippen LogP contribution in [0.25, 0.3) is 22.8 Å². The van der Waals surface area contributed by atoms with Crippen molar-refractivity contribution in [1.82, 2.24) is 24.8 Å². The molecule has 0 atom stereocenters. The zero-order chi connectivity index (χ0) is 19.1. The van der Waals surface area contributed by atoms with E-state index in [0.29, 0.717) is 39.6 Å². The minimum atomic E-state index is -0.272. The predicted octanol–water partition coefficient (Wildman–Crippen LogP) is 3.53. The third-order valence-corrected chi connectivity index (χ3v) is 4.85. The number of hydrogen-bond donors (Lipinski definition) is 0. The van der Waals surface area contributed by atoms with Crippen molar-refractivity contribution in [2.75, 3.05) is 0 Å². The van der Waals surface area contributed by atoms with Crippen molar-refractivity contribution >= 4 is 11.6 Å². The van der Waals surface area contributed by atoms with E-state index in [9.17, 15) is 4.79 Å². The van der Waals surface area contributed by atoms with Gasteiger partial charge in [-0.25, -0.2) is 0 Å². The molecule has 1 aromatic carbocycles. The fraction of sp³-hybridized carbons (Fsp3) is 0.211. The molecule has 0 N–H and O–H groups in total. The van der Waals surface area contributed by atoms with Crippen LogP contribution in [0.5, 0.6) is 0 Å². The van der Waals surface area contributed by atoms with E-state index in [1.165, 1.54) is 4.57 Å². The second-order valence-electron chi connectivity index (χ2n) is 6.58. The normalized spacial score (nSPS) is 13.8. The predicted molar refractivity (Wildman–Crippen MR) is 99.8 cm³/mol. The third-order valence-electron chi connectivity index (χ3n) is 4.52. The highest BCUT2D eigenvalue weighted by atomic mass is 35.5. The van der Waals surface area contributed by atoms with E-state index in [-0.39, 0.29) is 18.0 Å². The number of nitrogens with zero attached hydrogens (tertiary/aromatic N) is 5. The Morgan fingerprint density at radius 2 is 1.86 bits per heavy atom. The number of aromatic nitrogens is 5. The Hall–Kier alpha value is -3.26. The summed E-state index contributed by atoms with van der Waals surface area (Å²) in [6.07, 6.45) is 3.76. The Morgan fingerprint density at radius 1 is 1.04 bits per heavy atom. The van der Waals surface area contributed by atoms with Crippen LogP contribution in [-0.2, 0) is 6.54 Å². The van der Waals surface area contributed by atoms with Gasteiger partial charge in [-0.3, -0.25) is 4.79 Å². The maximum absolute atomic E-state index is 12.8. The summed E-state index contributed by atoms with van der Waals surface area (Å²) in [6, 6.07) is 10.6. The molecule has 0 saturated heterocycles. The average molecular weight is 396 g/mol. The Balaban J connectivity index is 1.43. The summed E-state index contributed by atoms with van der Waals surface area (Å²) in [6.45, 7) is 0.119. The molecule has 0 bridgehead atoms. The largest absolute Gasteiger partial charge is 0.337 e. The lowest BCUT2D eigenvalue weighted by atomic mass is 10.2. The molecular formula is C19H14ClN5O3. The fourth-order valence-corrected chi connectivity index (χ4v) is 3.11. The highest BCUT2D eigenvalue weighted by molar-refractivity contribution is 6.33. The summed E-state index contributed by atoms with van der Waals surface area (Å²) < 4.78 is 12.0. The van der Waals surface area contributed by atoms with Gasteiger partial charge < -0.3 is 13.6 Å². The van der Waals surface area contributed by atoms with E-state index < -0.39 is 0 Å². The van der Waals surface area contributed by atoms with Gasteiger partial charge in [0.15, 0.2) is 5.82 Å². The quantitative estimate of drug-likeness (QED) is 0.509. The van der Waals surface area contributed by atoms with E-state index in [1.807, 2.05) is 12.1 Å². The minimum absolute atomic E-state index is 0.119. The molecule has 5 rings (SSSR count). The lowest BCUT2D eigenvalue weighted by molar-refractivity contribution is 0.370. The molecule has 0 radical (unpaired) electrons. The van der Waals surface area contributed by atoms with Crippen molar-refractivity contribution in [3.63, 3.8) is 0 Å². The van der Waals surface area contributed by atoms with E-state index >= 15 is 0 Å². The number of rotatable bonds is 5. The summed E-state index contributed by atoms with van der Waals surface area (Å²) in [5.74, 6) is 1.90. The molecule has 0 spiro atoms. The van der Waals surface area contributed by atoms with Gasteiger partial charge in [-0.2, -0.15) is 9.97 Å². The number of benzene rings is 1. The molecule has 9 heteroatoms. The van der Waals surface area contributed by atoms with Gasteiger partial charge in [0.1, 0.15) is 12.1 Å². The standard InChI is InChI=1S/C19H14ClN5O3/c20-14-6-2-1-4-12(14)17-21-15(27-24-17)10-25-9-3-5-13(19(25)26)18-22-16(23-28-18)11-7-8-11/h1-6,9,11H,7-8,10H2. The first kappa shape index (κ1) is 16.9. The second-order valence-corrected chi connectivity index (χ2v) is 6.99. The Labute approximate surface area is 163 Å². The topological polar surface area (TPSA) is 99.8 Å². The van der Waals surface area contributed by atoms with Gasteiger partial charge in [-0.05, 0) is 37.1 Å². The van der Waals surface area contributed by atoms with Gasteiger partial charge in [0.25, 0.3) is 11.4 Å². The van der Waals surface area contributed by atoms with Crippen LogP contribution in [0.2, 0.25) is 5.02 Å². The molecule has 0 aliphatic heterocycles. The van der Waals surface area contributed by atoms with Gasteiger partial charge in [-0.1, -0.05) is 34.0 Å². The van der Waals surface area contributed by atoms with Crippen LogP contribution in [0.15, 0.2) is 56.4 Å². The monoisotopic (exact) mass is 395 g/mol. The van der Waals surface area contributed by atoms with Crippen LogP contribution >= 0.6 is 11.6 Å². The number of hydrogen-bond acceptors (Lipinski definition) is 7. The van der Waals surface area contributed by atoms with Crippen molar-refractivity contribution in [3.05, 3.63) is 69.7 Å². The highest BCUT2D eigenvalue weighted by Crippen LogP contribution is 2.38. The lowest BCUT2D eigenvalue weighted by Crippen LogP contribution is -2.21. The van der Waals surface area contributed by atoms with Crippen molar-refractivity contribution in [2.24, 2.45) is 0 Å². The summed E-state index contributed by atoms with van der Waals surface area (Å²) in [7, 11) is 0. The third kappa shape index (κ3) is 3.11. The summed E-state index contributed by atoms with van der Waals surface area (Å²) >= 11 is 6.17. The Kier molecular flexibility index (Phi) is 4.05. The first-order chi connectivity index (χ1) is 13.7. The smallest absolute Gasteiger partial charge is 0.263 e. The van der Waals surface area contributed by atoms with Crippen LogP contribution in [0.3, 0.4) is 0 Å². The molecule has 1 fully saturated rings. The van der Waals surface area contributed by atoms with Crippen LogP contribution in [0.4, 0.5) is 0 Å². The number of pyridine rings is 1. The summed E-state index contributed by atoms with van der Waals surface area (Å²) in [4.78, 5) is 21.5. The minimum Gasteiger partial charge on any atom is -0.337 e. The van der Waals surface area contributed by atoms with Crippen LogP contribution in [-0.4, -0.2) is 24.8 Å². The van der Waals surface area contributed by atoms with Crippen molar-refractivity contribution in [1.29, 1.82) is 0 Å². The second kappa shape index (κ2) is 6.72. The summed E-state index contributed by atoms with van der Waals surface area (Å²) in [5, 5.41) is 8.45. The van der Waals surface area contributed by atoms with Gasteiger partial charge >= 0.3 is 0 Å². The Morgan fingerprint density at radius 3 is 2.68 bits per heavy atom. The molecule has 4 aromatic rings. The van der Waals surface area contributed by atoms with Crippen LogP contribution in [0, 0.1) is 0 Å². The zero-order valence-electron chi connectivity index (χ0n) is 14.6. The first-order valence-electron chi connectivity index (χ1n) is 8.80. The van der Waals surface area contributed by atoms with Crippen LogP contribution < -0.4 is 5.56 Å². The maximum atomic E-state index is 12.8. The van der Waals surface area contributed by atoms with E-state index in [4.69, 9.17) is 20.6 Å². The molecule has 1 aliphatic carbocycles. The first-order valence-corrected chi connectivity index (χ1v) is 9.18. The van der Waals surface area contributed by atoms with Gasteiger partial charge in [0, 0.05) is 17.7 Å². The zero-order valence-corrected chi connectivity index (χ0v) is 15.3. The lowest BCUT2D eigenvalue weighted by Gasteiger charge is -2.02. The molecule has 8 nitrogen and oxygen atoms in total. The van der Waals surface area contributed by atoms with Crippen LogP contribution in [0.1, 0.15) is 30.5 Å². The maximum Gasteiger partial charge on any atom is 0.263 e. The molecular weight excluding hydrogens is 382 g/mol. The average Bonchev–Trinajstić information content (AvgIpc) is 3.25. The fourth-order valence-electron chi connectivity index (χ4n) is 2.89. The van der Waals surface area contributed by atoms with E-state index in [0.717, 1.165) is 12.8 Å². The Bertz CT molecular complexity index is 1210. The molecule has 0 amide bonds. The molecule has 3 aromatic heterocycles. The van der Waals surface area contributed by atoms with E-state index in [1.54, 1.807) is 30.5 Å². The number of halogens is 1. The molecule has 0 unspecified atom stereocenters. The molecule has 140 valence electrons. The highest BCUT2D eigenvalue weighted by Gasteiger charge is 2.29. The van der Waals surface area contributed by atoms with Crippen molar-refractivity contribution in [3.8, 4) is 22.8 Å². The molecule has 28 heavy (non-hydrogen) atoms. The summed E-state index contributed by atoms with van der Waals surface area (Å²) in [5.41, 5.74) is 0.734. The van der Waals surface area contributed by atoms with Crippen molar-refractivity contribution < 1.29 is 9.05 Å². The SMILES string of the molecule is O=c1c(-c2nc(C3CC3)no2)cccn1Cc1nc(-c2ccccc2Cl)no1. The molecule has 1 aliphatic rings. The molecule has 3 heterocycles. The molecule has 1 saturated carbocycles. The van der Waals surface area contributed by atoms with Crippen molar-refractivity contribution in [2.45, 2.75) is 25.3 Å². The van der Waals surface area contributed by atoms with Gasteiger partial charge in [0.05, 0.1) is 5.02 Å². The van der Waals surface area contributed by atoms with Gasteiger partial charge in [0.2, 0.25) is 11.7 Å².